The van der Waals surface area contributed by atoms with Crippen molar-refractivity contribution in [3.8, 4) is 0 Å². The Kier molecular flexibility index (Phi) is 4.06. The maximum Gasteiger partial charge on any atom is 0.253 e. The predicted octanol–water partition coefficient (Wildman–Crippen LogP) is 3.66. The van der Waals surface area contributed by atoms with Crippen LogP contribution >= 0.6 is 11.6 Å². The molecule has 17 heavy (non-hydrogen) atoms. The predicted molar refractivity (Wildman–Crippen MR) is 70.6 cm³/mol. The van der Waals surface area contributed by atoms with Crippen LogP contribution in [0.3, 0.4) is 0 Å². The summed E-state index contributed by atoms with van der Waals surface area (Å²) in [7, 11) is 0. The first-order valence-electron chi connectivity index (χ1n) is 6.23. The Morgan fingerprint density at radius 1 is 1.12 bits per heavy atom. The lowest BCUT2D eigenvalue weighted by Crippen LogP contribution is -2.31. The molecular weight excluding hydrogens is 234 g/mol. The van der Waals surface area contributed by atoms with E-state index >= 15 is 0 Å². The highest BCUT2D eigenvalue weighted by Crippen LogP contribution is 2.18. The highest BCUT2D eigenvalue weighted by molar-refractivity contribution is 6.31. The van der Waals surface area contributed by atoms with Crippen molar-refractivity contribution in [3.63, 3.8) is 0 Å². The summed E-state index contributed by atoms with van der Waals surface area (Å²) >= 11 is 5.99. The monoisotopic (exact) mass is 251 g/mol. The van der Waals surface area contributed by atoms with Gasteiger partial charge in [0.1, 0.15) is 0 Å². The minimum Gasteiger partial charge on any atom is -0.339 e. The summed E-state index contributed by atoms with van der Waals surface area (Å²) in [5, 5.41) is 0.642. The SMILES string of the molecule is Cc1cc(Cl)cc(C(=O)N2CCCCCC2)c1. The number of rotatable bonds is 1. The quantitative estimate of drug-likeness (QED) is 0.746. The van der Waals surface area contributed by atoms with E-state index in [-0.39, 0.29) is 5.91 Å². The van der Waals surface area contributed by atoms with E-state index in [9.17, 15) is 4.79 Å². The van der Waals surface area contributed by atoms with Crippen molar-refractivity contribution >= 4 is 17.5 Å². The second-order valence-corrected chi connectivity index (χ2v) is 5.16. The van der Waals surface area contributed by atoms with Crippen LogP contribution in [-0.4, -0.2) is 23.9 Å². The van der Waals surface area contributed by atoms with Gasteiger partial charge in [-0.2, -0.15) is 0 Å². The Morgan fingerprint density at radius 2 is 1.76 bits per heavy atom. The van der Waals surface area contributed by atoms with Crippen LogP contribution in [0.25, 0.3) is 0 Å². The number of likely N-dealkylation sites (tertiary alicyclic amines) is 1. The minimum absolute atomic E-state index is 0.123. The summed E-state index contributed by atoms with van der Waals surface area (Å²) in [6.07, 6.45) is 4.70. The number of carbonyl (C=O) groups is 1. The highest BCUT2D eigenvalue weighted by atomic mass is 35.5. The molecular formula is C14H18ClNO. The van der Waals surface area contributed by atoms with Crippen LogP contribution in [0.2, 0.25) is 5.02 Å². The molecule has 0 bridgehead atoms. The smallest absolute Gasteiger partial charge is 0.253 e. The molecule has 1 aromatic carbocycles. The van der Waals surface area contributed by atoms with Gasteiger partial charge >= 0.3 is 0 Å². The highest BCUT2D eigenvalue weighted by Gasteiger charge is 2.17. The van der Waals surface area contributed by atoms with E-state index in [4.69, 9.17) is 11.6 Å². The van der Waals surface area contributed by atoms with Crippen molar-refractivity contribution in [1.82, 2.24) is 4.90 Å². The molecule has 0 atom stereocenters. The first kappa shape index (κ1) is 12.4. The first-order valence-corrected chi connectivity index (χ1v) is 6.61. The number of aryl methyl sites for hydroxylation is 1. The number of halogens is 1. The van der Waals surface area contributed by atoms with Gasteiger partial charge in [-0.3, -0.25) is 4.79 Å². The molecule has 0 aromatic heterocycles. The third-order valence-corrected chi connectivity index (χ3v) is 3.40. The van der Waals surface area contributed by atoms with Crippen LogP contribution in [0.15, 0.2) is 18.2 Å². The lowest BCUT2D eigenvalue weighted by molar-refractivity contribution is 0.0761. The zero-order chi connectivity index (χ0) is 12.3. The number of hydrogen-bond donors (Lipinski definition) is 0. The molecule has 1 heterocycles. The Morgan fingerprint density at radius 3 is 2.35 bits per heavy atom. The van der Waals surface area contributed by atoms with Gasteiger partial charge in [0.2, 0.25) is 0 Å². The molecule has 0 radical (unpaired) electrons. The largest absolute Gasteiger partial charge is 0.339 e. The third-order valence-electron chi connectivity index (χ3n) is 3.18. The third kappa shape index (κ3) is 3.22. The van der Waals surface area contributed by atoms with E-state index in [0.29, 0.717) is 5.02 Å². The van der Waals surface area contributed by atoms with Crippen LogP contribution in [0, 0.1) is 6.92 Å². The van der Waals surface area contributed by atoms with Crippen molar-refractivity contribution in [3.05, 3.63) is 34.3 Å². The molecule has 1 fully saturated rings. The standard InChI is InChI=1S/C14H18ClNO/c1-11-8-12(10-13(15)9-11)14(17)16-6-4-2-3-5-7-16/h8-10H,2-7H2,1H3. The van der Waals surface area contributed by atoms with Gasteiger partial charge in [-0.1, -0.05) is 24.4 Å². The summed E-state index contributed by atoms with van der Waals surface area (Å²) in [5.74, 6) is 0.123. The van der Waals surface area contributed by atoms with Gasteiger partial charge in [0.05, 0.1) is 0 Å². The van der Waals surface area contributed by atoms with E-state index in [1.54, 1.807) is 6.07 Å². The molecule has 1 aliphatic rings. The van der Waals surface area contributed by atoms with Crippen molar-refractivity contribution in [2.45, 2.75) is 32.6 Å². The summed E-state index contributed by atoms with van der Waals surface area (Å²) in [6.45, 7) is 3.72. The van der Waals surface area contributed by atoms with Gasteiger partial charge in [-0.25, -0.2) is 0 Å². The molecule has 1 amide bonds. The Hall–Kier alpha value is -1.02. The molecule has 2 rings (SSSR count). The molecule has 0 N–H and O–H groups in total. The molecule has 0 unspecified atom stereocenters. The van der Waals surface area contributed by atoms with Gasteiger partial charge < -0.3 is 4.90 Å². The fraction of sp³-hybridized carbons (Fsp3) is 0.500. The molecule has 92 valence electrons. The maximum absolute atomic E-state index is 12.3. The molecule has 1 aliphatic heterocycles. The molecule has 3 heteroatoms. The van der Waals surface area contributed by atoms with Crippen molar-refractivity contribution < 1.29 is 4.79 Å². The average Bonchev–Trinajstić information content (AvgIpc) is 2.55. The van der Waals surface area contributed by atoms with Crippen LogP contribution in [0.5, 0.6) is 0 Å². The van der Waals surface area contributed by atoms with Gasteiger partial charge in [0.25, 0.3) is 5.91 Å². The topological polar surface area (TPSA) is 20.3 Å². The molecule has 0 aliphatic carbocycles. The average molecular weight is 252 g/mol. The normalized spacial score (nSPS) is 16.7. The summed E-state index contributed by atoms with van der Waals surface area (Å²) in [5.41, 5.74) is 1.76. The zero-order valence-corrected chi connectivity index (χ0v) is 11.0. The number of carbonyl (C=O) groups excluding carboxylic acids is 1. The van der Waals surface area contributed by atoms with Crippen LogP contribution in [0.4, 0.5) is 0 Å². The summed E-state index contributed by atoms with van der Waals surface area (Å²) in [6, 6.07) is 5.56. The van der Waals surface area contributed by atoms with E-state index in [0.717, 1.165) is 37.1 Å². The second kappa shape index (κ2) is 5.54. The van der Waals surface area contributed by atoms with Crippen molar-refractivity contribution in [1.29, 1.82) is 0 Å². The van der Waals surface area contributed by atoms with E-state index < -0.39 is 0 Å². The Balaban J connectivity index is 2.17. The van der Waals surface area contributed by atoms with Gasteiger partial charge in [0, 0.05) is 23.7 Å². The van der Waals surface area contributed by atoms with Crippen molar-refractivity contribution in [2.24, 2.45) is 0 Å². The second-order valence-electron chi connectivity index (χ2n) is 4.72. The number of benzene rings is 1. The lowest BCUT2D eigenvalue weighted by atomic mass is 10.1. The molecule has 2 nitrogen and oxygen atoms in total. The van der Waals surface area contributed by atoms with Crippen molar-refractivity contribution in [2.75, 3.05) is 13.1 Å². The fourth-order valence-corrected chi connectivity index (χ4v) is 2.61. The summed E-state index contributed by atoms with van der Waals surface area (Å²) < 4.78 is 0. The van der Waals surface area contributed by atoms with Crippen LogP contribution < -0.4 is 0 Å². The molecule has 0 saturated carbocycles. The lowest BCUT2D eigenvalue weighted by Gasteiger charge is -2.20. The van der Waals surface area contributed by atoms with E-state index in [1.807, 2.05) is 24.0 Å². The Labute approximate surface area is 108 Å². The van der Waals surface area contributed by atoms with Crippen LogP contribution in [0.1, 0.15) is 41.6 Å². The zero-order valence-electron chi connectivity index (χ0n) is 10.2. The summed E-state index contributed by atoms with van der Waals surface area (Å²) in [4.78, 5) is 14.3. The molecule has 1 saturated heterocycles. The number of nitrogens with zero attached hydrogens (tertiary/aromatic N) is 1. The van der Waals surface area contributed by atoms with E-state index in [1.165, 1.54) is 12.8 Å². The Bertz CT molecular complexity index is 388. The maximum atomic E-state index is 12.3. The molecule has 0 spiro atoms. The first-order chi connectivity index (χ1) is 8.16. The van der Waals surface area contributed by atoms with E-state index in [2.05, 4.69) is 0 Å². The minimum atomic E-state index is 0.123. The van der Waals surface area contributed by atoms with Gasteiger partial charge in [-0.15, -0.1) is 0 Å². The number of amides is 1. The molecule has 1 aromatic rings. The van der Waals surface area contributed by atoms with Gasteiger partial charge in [-0.05, 0) is 43.5 Å². The van der Waals surface area contributed by atoms with Gasteiger partial charge in [0.15, 0.2) is 0 Å². The number of hydrogen-bond acceptors (Lipinski definition) is 1. The van der Waals surface area contributed by atoms with Crippen LogP contribution in [-0.2, 0) is 0 Å². The fourth-order valence-electron chi connectivity index (χ4n) is 2.32.